The second kappa shape index (κ2) is 5.20. The molecular formula is C15H25NO2. The molecule has 18 heavy (non-hydrogen) atoms. The van der Waals surface area contributed by atoms with E-state index in [4.69, 9.17) is 4.74 Å². The van der Waals surface area contributed by atoms with E-state index in [0.29, 0.717) is 17.9 Å². The molecule has 3 nitrogen and oxygen atoms in total. The Morgan fingerprint density at radius 3 is 2.56 bits per heavy atom. The van der Waals surface area contributed by atoms with Gasteiger partial charge < -0.3 is 4.74 Å². The van der Waals surface area contributed by atoms with Gasteiger partial charge in [0.05, 0.1) is 0 Å². The van der Waals surface area contributed by atoms with Crippen molar-refractivity contribution in [3.05, 3.63) is 0 Å². The molecule has 3 heteroatoms. The van der Waals surface area contributed by atoms with Gasteiger partial charge in [0.2, 0.25) is 0 Å². The van der Waals surface area contributed by atoms with Crippen LogP contribution in [0.3, 0.4) is 0 Å². The zero-order valence-corrected chi connectivity index (χ0v) is 11.4. The topological polar surface area (TPSA) is 29.5 Å². The fourth-order valence-corrected chi connectivity index (χ4v) is 4.51. The van der Waals surface area contributed by atoms with Crippen LogP contribution in [0.25, 0.3) is 0 Å². The largest absolute Gasteiger partial charge is 0.462 e. The van der Waals surface area contributed by atoms with Crippen LogP contribution >= 0.6 is 0 Å². The van der Waals surface area contributed by atoms with Crippen molar-refractivity contribution in [1.82, 2.24) is 4.90 Å². The summed E-state index contributed by atoms with van der Waals surface area (Å²) < 4.78 is 5.68. The van der Waals surface area contributed by atoms with E-state index in [2.05, 4.69) is 4.90 Å². The number of carbonyl (C=O) groups excluding carboxylic acids is 1. The van der Waals surface area contributed by atoms with Crippen LogP contribution < -0.4 is 0 Å². The van der Waals surface area contributed by atoms with E-state index in [9.17, 15) is 4.79 Å². The van der Waals surface area contributed by atoms with E-state index < -0.39 is 0 Å². The highest BCUT2D eigenvalue weighted by atomic mass is 16.5. The van der Waals surface area contributed by atoms with E-state index in [0.717, 1.165) is 0 Å². The summed E-state index contributed by atoms with van der Waals surface area (Å²) in [5.41, 5.74) is 0. The number of nitrogens with zero attached hydrogens (tertiary/aromatic N) is 1. The van der Waals surface area contributed by atoms with Crippen molar-refractivity contribution >= 4 is 5.97 Å². The van der Waals surface area contributed by atoms with E-state index in [-0.39, 0.29) is 12.1 Å². The second-order valence-electron chi connectivity index (χ2n) is 6.32. The lowest BCUT2D eigenvalue weighted by Gasteiger charge is -2.48. The molecule has 1 heterocycles. The molecule has 2 bridgehead atoms. The number of carbonyl (C=O) groups is 1. The number of ether oxygens (including phenoxy) is 1. The molecule has 3 aliphatic rings. The zero-order chi connectivity index (χ0) is 12.5. The standard InChI is InChI=1S/C15H25NO2/c1-11(17)18-15-12-5-4-6-13(15)14(8-7-12)16-9-2-3-10-16/h12-15H,2-10H2,1H3/t12-,13-,14+,15-/m1/s1. The quantitative estimate of drug-likeness (QED) is 0.707. The van der Waals surface area contributed by atoms with E-state index in [1.807, 2.05) is 0 Å². The second-order valence-corrected chi connectivity index (χ2v) is 6.32. The summed E-state index contributed by atoms with van der Waals surface area (Å²) in [6, 6.07) is 0.688. The molecule has 0 aromatic heterocycles. The maximum Gasteiger partial charge on any atom is 0.302 e. The number of fused-ring (bicyclic) bond motifs is 2. The number of hydrogen-bond acceptors (Lipinski definition) is 3. The maximum absolute atomic E-state index is 11.3. The first-order valence-corrected chi connectivity index (χ1v) is 7.67. The fourth-order valence-electron chi connectivity index (χ4n) is 4.51. The minimum atomic E-state index is -0.0843. The molecule has 0 aromatic rings. The van der Waals surface area contributed by atoms with Crippen LogP contribution in [0.4, 0.5) is 0 Å². The Morgan fingerprint density at radius 1 is 1.06 bits per heavy atom. The Hall–Kier alpha value is -0.570. The molecular weight excluding hydrogens is 226 g/mol. The van der Waals surface area contributed by atoms with E-state index in [1.54, 1.807) is 6.92 Å². The minimum Gasteiger partial charge on any atom is -0.462 e. The molecule has 1 saturated heterocycles. The highest BCUT2D eigenvalue weighted by Gasteiger charge is 2.45. The highest BCUT2D eigenvalue weighted by Crippen LogP contribution is 2.44. The SMILES string of the molecule is CC(=O)O[C@@H]1[C@@H]2CCC[C@@H]1[C@@H](N1CCCC1)CC2. The van der Waals surface area contributed by atoms with Crippen molar-refractivity contribution in [2.75, 3.05) is 13.1 Å². The van der Waals surface area contributed by atoms with Gasteiger partial charge in [0.25, 0.3) is 0 Å². The molecule has 2 aliphatic carbocycles. The van der Waals surface area contributed by atoms with Gasteiger partial charge in [-0.05, 0) is 57.5 Å². The third-order valence-corrected chi connectivity index (χ3v) is 5.24. The van der Waals surface area contributed by atoms with Crippen LogP contribution in [0.2, 0.25) is 0 Å². The first-order valence-electron chi connectivity index (χ1n) is 7.67. The van der Waals surface area contributed by atoms with Gasteiger partial charge in [0.15, 0.2) is 0 Å². The summed E-state index contributed by atoms with van der Waals surface area (Å²) in [6.07, 6.45) is 9.36. The summed E-state index contributed by atoms with van der Waals surface area (Å²) in [7, 11) is 0. The van der Waals surface area contributed by atoms with Crippen LogP contribution in [0, 0.1) is 11.8 Å². The maximum atomic E-state index is 11.3. The molecule has 2 saturated carbocycles. The monoisotopic (exact) mass is 251 g/mol. The minimum absolute atomic E-state index is 0.0843. The Morgan fingerprint density at radius 2 is 1.83 bits per heavy atom. The number of hydrogen-bond donors (Lipinski definition) is 0. The Labute approximate surface area is 110 Å². The molecule has 0 N–H and O–H groups in total. The smallest absolute Gasteiger partial charge is 0.302 e. The van der Waals surface area contributed by atoms with Crippen LogP contribution in [0.5, 0.6) is 0 Å². The van der Waals surface area contributed by atoms with Gasteiger partial charge in [-0.2, -0.15) is 0 Å². The van der Waals surface area contributed by atoms with Gasteiger partial charge in [0.1, 0.15) is 6.10 Å². The van der Waals surface area contributed by atoms with Crippen molar-refractivity contribution < 1.29 is 9.53 Å². The third kappa shape index (κ3) is 2.29. The molecule has 3 fully saturated rings. The molecule has 0 spiro atoms. The number of esters is 1. The van der Waals surface area contributed by atoms with Gasteiger partial charge in [-0.3, -0.25) is 9.69 Å². The Bertz CT molecular complexity index is 312. The predicted molar refractivity (Wildman–Crippen MR) is 70.2 cm³/mol. The summed E-state index contributed by atoms with van der Waals surface area (Å²) in [5, 5.41) is 0. The Kier molecular flexibility index (Phi) is 3.60. The molecule has 4 atom stereocenters. The molecule has 0 radical (unpaired) electrons. The van der Waals surface area contributed by atoms with Gasteiger partial charge in [0, 0.05) is 18.9 Å². The lowest BCUT2D eigenvalue weighted by Crippen LogP contribution is -2.52. The molecule has 0 unspecified atom stereocenters. The average molecular weight is 251 g/mol. The van der Waals surface area contributed by atoms with Gasteiger partial charge in [-0.1, -0.05) is 6.42 Å². The first kappa shape index (κ1) is 12.5. The van der Waals surface area contributed by atoms with Crippen molar-refractivity contribution in [2.45, 2.75) is 64.0 Å². The van der Waals surface area contributed by atoms with Gasteiger partial charge in [-0.15, -0.1) is 0 Å². The normalized spacial score (nSPS) is 40.7. The number of likely N-dealkylation sites (tertiary alicyclic amines) is 1. The summed E-state index contributed by atoms with van der Waals surface area (Å²) >= 11 is 0. The van der Waals surface area contributed by atoms with E-state index in [1.165, 1.54) is 58.0 Å². The lowest BCUT2D eigenvalue weighted by molar-refractivity contribution is -0.161. The molecule has 102 valence electrons. The van der Waals surface area contributed by atoms with Crippen molar-refractivity contribution in [3.63, 3.8) is 0 Å². The molecule has 3 rings (SSSR count). The third-order valence-electron chi connectivity index (χ3n) is 5.24. The number of rotatable bonds is 2. The lowest BCUT2D eigenvalue weighted by atomic mass is 9.67. The van der Waals surface area contributed by atoms with Crippen LogP contribution in [-0.4, -0.2) is 36.1 Å². The van der Waals surface area contributed by atoms with Crippen LogP contribution in [0.15, 0.2) is 0 Å². The average Bonchev–Trinajstić information content (AvgIpc) is 2.81. The van der Waals surface area contributed by atoms with Crippen molar-refractivity contribution in [2.24, 2.45) is 11.8 Å². The molecule has 0 amide bonds. The zero-order valence-electron chi connectivity index (χ0n) is 11.4. The fraction of sp³-hybridized carbons (Fsp3) is 0.933. The van der Waals surface area contributed by atoms with Gasteiger partial charge in [-0.25, -0.2) is 0 Å². The summed E-state index contributed by atoms with van der Waals surface area (Å²) in [4.78, 5) is 14.0. The van der Waals surface area contributed by atoms with Crippen molar-refractivity contribution in [3.8, 4) is 0 Å². The van der Waals surface area contributed by atoms with E-state index >= 15 is 0 Å². The van der Waals surface area contributed by atoms with Crippen LogP contribution in [0.1, 0.15) is 51.9 Å². The van der Waals surface area contributed by atoms with Crippen molar-refractivity contribution in [1.29, 1.82) is 0 Å². The van der Waals surface area contributed by atoms with Crippen LogP contribution in [-0.2, 0) is 9.53 Å². The summed E-state index contributed by atoms with van der Waals surface area (Å²) in [5.74, 6) is 1.17. The molecule has 0 aromatic carbocycles. The predicted octanol–water partition coefficient (Wildman–Crippen LogP) is 2.59. The first-order chi connectivity index (χ1) is 8.75. The highest BCUT2D eigenvalue weighted by molar-refractivity contribution is 5.66. The van der Waals surface area contributed by atoms with Gasteiger partial charge >= 0.3 is 5.97 Å². The Balaban J connectivity index is 1.74. The summed E-state index contributed by atoms with van der Waals surface area (Å²) in [6.45, 7) is 4.09. The molecule has 1 aliphatic heterocycles.